The molecule has 1 amide bonds. The first-order chi connectivity index (χ1) is 17.1. The molecule has 0 radical (unpaired) electrons. The third kappa shape index (κ3) is 4.12. The van der Waals surface area contributed by atoms with Crippen LogP contribution in [0, 0.1) is 0 Å². The monoisotopic (exact) mass is 465 g/mol. The summed E-state index contributed by atoms with van der Waals surface area (Å²) in [6, 6.07) is 13.5. The molecule has 2 aliphatic rings. The van der Waals surface area contributed by atoms with Crippen LogP contribution in [0.2, 0.25) is 0 Å². The molecule has 1 fully saturated rings. The molecule has 6 rings (SSSR count). The smallest absolute Gasteiger partial charge is 0.227 e. The minimum Gasteiger partial charge on any atom is -0.485 e. The lowest BCUT2D eigenvalue weighted by atomic mass is 9.94. The van der Waals surface area contributed by atoms with Crippen molar-refractivity contribution in [3.63, 3.8) is 0 Å². The van der Waals surface area contributed by atoms with Gasteiger partial charge in [0.1, 0.15) is 17.7 Å². The first kappa shape index (κ1) is 21.0. The van der Waals surface area contributed by atoms with Gasteiger partial charge in [0.15, 0.2) is 5.82 Å². The van der Waals surface area contributed by atoms with Crippen LogP contribution in [0.15, 0.2) is 67.3 Å². The van der Waals surface area contributed by atoms with Crippen LogP contribution in [0.5, 0.6) is 5.75 Å². The zero-order valence-corrected chi connectivity index (χ0v) is 19.1. The minimum absolute atomic E-state index is 0.159. The molecule has 1 saturated heterocycles. The summed E-state index contributed by atoms with van der Waals surface area (Å²) in [5.41, 5.74) is 5.50. The fourth-order valence-electron chi connectivity index (χ4n) is 4.52. The number of pyridine rings is 2. The minimum atomic E-state index is -0.159. The number of amides is 1. The molecule has 2 N–H and O–H groups in total. The number of fused-ring (bicyclic) bond motifs is 3. The Bertz CT molecular complexity index is 1410. The Morgan fingerprint density at radius 1 is 1.00 bits per heavy atom. The van der Waals surface area contributed by atoms with Gasteiger partial charge in [-0.1, -0.05) is 0 Å². The second-order valence-electron chi connectivity index (χ2n) is 8.57. The maximum atomic E-state index is 12.2. The number of anilines is 5. The zero-order chi connectivity index (χ0) is 23.8. The average molecular weight is 466 g/mol. The molecule has 1 unspecified atom stereocenters. The molecule has 35 heavy (non-hydrogen) atoms. The summed E-state index contributed by atoms with van der Waals surface area (Å²) in [5, 5.41) is 14.4. The third-order valence-electron chi connectivity index (χ3n) is 6.17. The van der Waals surface area contributed by atoms with Crippen LogP contribution in [0.4, 0.5) is 28.7 Å². The van der Waals surface area contributed by atoms with Crippen LogP contribution in [-0.2, 0) is 4.79 Å². The van der Waals surface area contributed by atoms with E-state index in [1.54, 1.807) is 18.6 Å². The van der Waals surface area contributed by atoms with Gasteiger partial charge >= 0.3 is 0 Å². The number of nitrogens with zero attached hydrogens (tertiary/aromatic N) is 5. The highest BCUT2D eigenvalue weighted by Crippen LogP contribution is 2.44. The van der Waals surface area contributed by atoms with Crippen molar-refractivity contribution in [3.8, 4) is 16.9 Å². The van der Waals surface area contributed by atoms with Gasteiger partial charge in [-0.05, 0) is 49.7 Å². The van der Waals surface area contributed by atoms with Crippen molar-refractivity contribution in [2.45, 2.75) is 25.9 Å². The van der Waals surface area contributed by atoms with Gasteiger partial charge in [-0.2, -0.15) is 5.10 Å². The number of benzene rings is 1. The van der Waals surface area contributed by atoms with Crippen LogP contribution in [-0.4, -0.2) is 32.6 Å². The van der Waals surface area contributed by atoms with E-state index in [1.807, 2.05) is 60.5 Å². The molecular weight excluding hydrogens is 442 g/mol. The van der Waals surface area contributed by atoms with E-state index >= 15 is 0 Å². The Hall–Kier alpha value is -4.53. The van der Waals surface area contributed by atoms with Gasteiger partial charge in [0.25, 0.3) is 0 Å². The molecule has 0 bridgehead atoms. The lowest BCUT2D eigenvalue weighted by Crippen LogP contribution is -2.24. The predicted octanol–water partition coefficient (Wildman–Crippen LogP) is 5.00. The van der Waals surface area contributed by atoms with Gasteiger partial charge in [-0.25, -0.2) is 4.98 Å². The molecule has 5 heterocycles. The first-order valence-corrected chi connectivity index (χ1v) is 11.5. The predicted molar refractivity (Wildman–Crippen MR) is 133 cm³/mol. The number of ether oxygens (including phenoxy) is 1. The molecule has 0 saturated carbocycles. The Morgan fingerprint density at radius 3 is 2.63 bits per heavy atom. The Balaban J connectivity index is 1.25. The number of hydrogen-bond donors (Lipinski definition) is 2. The lowest BCUT2D eigenvalue weighted by molar-refractivity contribution is -0.117. The summed E-state index contributed by atoms with van der Waals surface area (Å²) in [4.78, 5) is 22.9. The summed E-state index contributed by atoms with van der Waals surface area (Å²) in [5.74, 6) is 2.27. The van der Waals surface area contributed by atoms with E-state index < -0.39 is 0 Å². The van der Waals surface area contributed by atoms with E-state index in [-0.39, 0.29) is 12.0 Å². The fourth-order valence-corrected chi connectivity index (χ4v) is 4.52. The van der Waals surface area contributed by atoms with Crippen LogP contribution >= 0.6 is 0 Å². The van der Waals surface area contributed by atoms with E-state index in [9.17, 15) is 4.79 Å². The van der Waals surface area contributed by atoms with Gasteiger partial charge in [0, 0.05) is 53.8 Å². The third-order valence-corrected chi connectivity index (χ3v) is 6.17. The van der Waals surface area contributed by atoms with Crippen molar-refractivity contribution in [1.29, 1.82) is 0 Å². The Kier molecular flexibility index (Phi) is 5.21. The lowest BCUT2D eigenvalue weighted by Gasteiger charge is -2.28. The maximum absolute atomic E-state index is 12.2. The Labute approximate surface area is 202 Å². The summed E-state index contributed by atoms with van der Waals surface area (Å²) in [6.45, 7) is 2.77. The summed E-state index contributed by atoms with van der Waals surface area (Å²) in [7, 11) is 0. The molecule has 1 atom stereocenters. The molecular formula is C26H23N7O2. The SMILES string of the molecule is CC1Oc2cc(N3CCCC3=O)ccc2-c2cnc(Nc3cncc(Nc4cccnn4)c3)cc21. The van der Waals surface area contributed by atoms with E-state index in [1.165, 1.54) is 0 Å². The molecule has 4 aromatic rings. The van der Waals surface area contributed by atoms with Crippen LogP contribution < -0.4 is 20.3 Å². The van der Waals surface area contributed by atoms with Gasteiger partial charge in [-0.15, -0.1) is 5.10 Å². The zero-order valence-electron chi connectivity index (χ0n) is 19.1. The van der Waals surface area contributed by atoms with Gasteiger partial charge in [0.2, 0.25) is 5.91 Å². The number of nitrogens with one attached hydrogen (secondary N) is 2. The van der Waals surface area contributed by atoms with Gasteiger partial charge in [0.05, 0.1) is 23.8 Å². The summed E-state index contributed by atoms with van der Waals surface area (Å²) in [6.07, 6.45) is 8.28. The highest BCUT2D eigenvalue weighted by molar-refractivity contribution is 5.96. The second-order valence-corrected chi connectivity index (χ2v) is 8.57. The Morgan fingerprint density at radius 2 is 1.86 bits per heavy atom. The van der Waals surface area contributed by atoms with E-state index in [0.717, 1.165) is 52.5 Å². The van der Waals surface area contributed by atoms with Crippen molar-refractivity contribution in [2.24, 2.45) is 0 Å². The number of rotatable bonds is 5. The van der Waals surface area contributed by atoms with Gasteiger partial charge < -0.3 is 20.3 Å². The summed E-state index contributed by atoms with van der Waals surface area (Å²) < 4.78 is 6.26. The van der Waals surface area contributed by atoms with E-state index in [2.05, 4.69) is 30.8 Å². The van der Waals surface area contributed by atoms with Crippen LogP contribution in [0.1, 0.15) is 31.4 Å². The molecule has 9 heteroatoms. The molecule has 9 nitrogen and oxygen atoms in total. The van der Waals surface area contributed by atoms with E-state index in [0.29, 0.717) is 18.1 Å². The van der Waals surface area contributed by atoms with Gasteiger partial charge in [-0.3, -0.25) is 9.78 Å². The number of aromatic nitrogens is 4. The second kappa shape index (κ2) is 8.68. The van der Waals surface area contributed by atoms with Crippen LogP contribution in [0.3, 0.4) is 0 Å². The largest absolute Gasteiger partial charge is 0.485 e. The van der Waals surface area contributed by atoms with Crippen molar-refractivity contribution < 1.29 is 9.53 Å². The van der Waals surface area contributed by atoms with Crippen molar-refractivity contribution in [3.05, 3.63) is 72.8 Å². The van der Waals surface area contributed by atoms with Crippen molar-refractivity contribution in [2.75, 3.05) is 22.1 Å². The molecule has 0 aliphatic carbocycles. The summed E-state index contributed by atoms with van der Waals surface area (Å²) >= 11 is 0. The normalized spacial score (nSPS) is 16.3. The highest BCUT2D eigenvalue weighted by atomic mass is 16.5. The topological polar surface area (TPSA) is 105 Å². The molecule has 0 spiro atoms. The number of carbonyl (C=O) groups excluding carboxylic acids is 1. The quantitative estimate of drug-likeness (QED) is 0.424. The molecule has 3 aromatic heterocycles. The average Bonchev–Trinajstić information content (AvgIpc) is 3.30. The number of carbonyl (C=O) groups is 1. The van der Waals surface area contributed by atoms with Crippen LogP contribution in [0.25, 0.3) is 11.1 Å². The molecule has 174 valence electrons. The van der Waals surface area contributed by atoms with Crippen molar-refractivity contribution in [1.82, 2.24) is 20.2 Å². The van der Waals surface area contributed by atoms with Crippen molar-refractivity contribution >= 4 is 34.6 Å². The fraction of sp³-hybridized carbons (Fsp3) is 0.192. The first-order valence-electron chi connectivity index (χ1n) is 11.5. The van der Waals surface area contributed by atoms with E-state index in [4.69, 9.17) is 4.74 Å². The number of hydrogen-bond acceptors (Lipinski definition) is 8. The molecule has 1 aromatic carbocycles. The standard InChI is InChI=1S/C26H23N7O2/c1-16-21-12-25(31-18-10-17(13-27-14-18)30-24-4-2-8-29-32-24)28-15-22(21)20-7-6-19(11-23(20)35-16)33-9-3-5-26(33)34/h2,4,6-8,10-16H,3,5,9H2,1H3,(H,28,31)(H,30,32). The maximum Gasteiger partial charge on any atom is 0.227 e. The molecule has 2 aliphatic heterocycles. The highest BCUT2D eigenvalue weighted by Gasteiger charge is 2.27.